The number of hydroxylamine groups is 1. The number of esters is 1. The van der Waals surface area contributed by atoms with Crippen LogP contribution in [-0.2, 0) is 67.2 Å². The lowest BCUT2D eigenvalue weighted by Crippen LogP contribution is -2.48. The van der Waals surface area contributed by atoms with Gasteiger partial charge >= 0.3 is 12.0 Å². The van der Waals surface area contributed by atoms with Crippen LogP contribution in [0.5, 0.6) is 0 Å². The summed E-state index contributed by atoms with van der Waals surface area (Å²) < 4.78 is 34.8. The van der Waals surface area contributed by atoms with Gasteiger partial charge in [-0.05, 0) is 48.3 Å². The van der Waals surface area contributed by atoms with E-state index in [4.69, 9.17) is 39.4 Å². The summed E-state index contributed by atoms with van der Waals surface area (Å²) in [6, 6.07) is 5.16. The molecule has 0 saturated carbocycles. The van der Waals surface area contributed by atoms with Crippen molar-refractivity contribution >= 4 is 35.3 Å². The second-order valence-electron chi connectivity index (χ2n) is 16.1. The summed E-state index contributed by atoms with van der Waals surface area (Å²) in [5.41, 5.74) is 8.98. The minimum atomic E-state index is -0.873. The maximum Gasteiger partial charge on any atom is 0.312 e. The first-order valence-electron chi connectivity index (χ1n) is 21.2. The average Bonchev–Trinajstić information content (AvgIpc) is 3.68. The van der Waals surface area contributed by atoms with Gasteiger partial charge in [0.15, 0.2) is 5.78 Å². The Morgan fingerprint density at radius 1 is 0.855 bits per heavy atom. The highest BCUT2D eigenvalue weighted by atomic mass is 16.6. The second-order valence-corrected chi connectivity index (χ2v) is 16.1. The van der Waals surface area contributed by atoms with Crippen LogP contribution in [0, 0.1) is 17.3 Å². The van der Waals surface area contributed by atoms with Crippen molar-refractivity contribution in [2.45, 2.75) is 92.3 Å². The quantitative estimate of drug-likeness (QED) is 0.0330. The molecular formula is C42H70N8O12. The summed E-state index contributed by atoms with van der Waals surface area (Å²) in [5, 5.41) is 24.9. The Hall–Kier alpha value is -4.57. The number of ether oxygens (including phenoxy) is 6. The number of amides is 4. The normalized spacial score (nSPS) is 12.5. The van der Waals surface area contributed by atoms with Gasteiger partial charge in [-0.25, -0.2) is 9.48 Å². The van der Waals surface area contributed by atoms with Crippen LogP contribution in [0.15, 0.2) is 30.5 Å². The fraction of sp³-hybridized carbons (Fsp3) is 0.690. The largest absolute Gasteiger partial charge is 0.461 e. The van der Waals surface area contributed by atoms with E-state index in [2.05, 4.69) is 47.0 Å². The molecule has 7 N–H and O–H groups in total. The molecule has 1 aromatic carbocycles. The molecular weight excluding hydrogens is 809 g/mol. The molecule has 0 aliphatic carbocycles. The standard InChI is InChI=1S/C42H70N8O12/c1-31(2)39(47-37(52)28-45-56)36(51)27-33(7-6-15-44-41(43)55)40(54)46-34-10-8-32(9-11-34)30-62-38(53)13-12-35-29-50(49-48-35)16-18-58-20-22-60-24-26-61-25-23-59-21-19-57-17-14-42(3,4)5/h8-11,29,31,33,39,45,56H,6-7,12-28,30H2,1-5H3,(H,46,54)(H,47,52)(H3,43,44,55)/t33-,39+/m1/s1. The zero-order valence-corrected chi connectivity index (χ0v) is 37.1. The Labute approximate surface area is 364 Å². The predicted molar refractivity (Wildman–Crippen MR) is 228 cm³/mol. The second kappa shape index (κ2) is 31.3. The fourth-order valence-corrected chi connectivity index (χ4v) is 5.65. The average molecular weight is 879 g/mol. The molecule has 0 bridgehead atoms. The van der Waals surface area contributed by atoms with Crippen molar-refractivity contribution in [2.24, 2.45) is 23.0 Å². The number of urea groups is 1. The molecule has 2 atom stereocenters. The maximum absolute atomic E-state index is 13.4. The number of carbonyl (C=O) groups excluding carboxylic acids is 5. The molecule has 2 rings (SSSR count). The number of nitrogens with two attached hydrogens (primary N) is 1. The first-order valence-corrected chi connectivity index (χ1v) is 21.2. The van der Waals surface area contributed by atoms with Crippen LogP contribution in [0.1, 0.15) is 78.0 Å². The molecule has 4 amide bonds. The number of benzene rings is 1. The van der Waals surface area contributed by atoms with Crippen molar-refractivity contribution in [2.75, 3.05) is 84.5 Å². The third-order valence-electron chi connectivity index (χ3n) is 9.16. The van der Waals surface area contributed by atoms with E-state index in [-0.39, 0.29) is 56.1 Å². The number of hydrogen-bond donors (Lipinski definition) is 6. The van der Waals surface area contributed by atoms with Gasteiger partial charge in [0.05, 0.1) is 90.7 Å². The van der Waals surface area contributed by atoms with Crippen molar-refractivity contribution in [1.29, 1.82) is 0 Å². The van der Waals surface area contributed by atoms with Gasteiger partial charge in [-0.2, -0.15) is 5.48 Å². The van der Waals surface area contributed by atoms with Crippen LogP contribution in [0.3, 0.4) is 0 Å². The van der Waals surface area contributed by atoms with Gasteiger partial charge in [-0.3, -0.25) is 19.2 Å². The summed E-state index contributed by atoms with van der Waals surface area (Å²) in [5.74, 6) is -2.80. The highest BCUT2D eigenvalue weighted by Gasteiger charge is 2.29. The molecule has 0 aliphatic rings. The molecule has 20 nitrogen and oxygen atoms in total. The number of nitrogens with zero attached hydrogens (tertiary/aromatic N) is 3. The van der Waals surface area contributed by atoms with Gasteiger partial charge in [0.2, 0.25) is 11.8 Å². The number of aryl methyl sites for hydroxylation is 1. The van der Waals surface area contributed by atoms with E-state index in [1.165, 1.54) is 0 Å². The summed E-state index contributed by atoms with van der Waals surface area (Å²) >= 11 is 0. The number of primary amides is 1. The first kappa shape index (κ1) is 53.6. The van der Waals surface area contributed by atoms with Gasteiger partial charge in [0.25, 0.3) is 0 Å². The summed E-state index contributed by atoms with van der Waals surface area (Å²) in [7, 11) is 0. The number of nitrogens with one attached hydrogen (secondary N) is 4. The monoisotopic (exact) mass is 879 g/mol. The van der Waals surface area contributed by atoms with E-state index in [0.717, 1.165) is 13.0 Å². The van der Waals surface area contributed by atoms with E-state index in [1.807, 2.05) is 0 Å². The number of Topliss-reactive ketones (excluding diaryl/α,β-unsaturated/α-hetero) is 1. The number of anilines is 1. The Bertz CT molecular complexity index is 1590. The van der Waals surface area contributed by atoms with E-state index >= 15 is 0 Å². The molecule has 1 heterocycles. The number of aromatic nitrogens is 3. The van der Waals surface area contributed by atoms with Crippen LogP contribution >= 0.6 is 0 Å². The Balaban J connectivity index is 1.63. The van der Waals surface area contributed by atoms with Gasteiger partial charge in [0, 0.05) is 43.8 Å². The van der Waals surface area contributed by atoms with E-state index in [0.29, 0.717) is 95.8 Å². The van der Waals surface area contributed by atoms with Crippen molar-refractivity contribution in [3.63, 3.8) is 0 Å². The van der Waals surface area contributed by atoms with Gasteiger partial charge in [-0.15, -0.1) is 5.10 Å². The fourth-order valence-electron chi connectivity index (χ4n) is 5.65. The Morgan fingerprint density at radius 2 is 1.45 bits per heavy atom. The molecule has 2 aromatic rings. The Kier molecular flexibility index (Phi) is 27.0. The Morgan fingerprint density at radius 3 is 2.02 bits per heavy atom. The van der Waals surface area contributed by atoms with E-state index in [9.17, 15) is 24.0 Å². The number of carbonyl (C=O) groups is 5. The molecule has 0 spiro atoms. The minimum Gasteiger partial charge on any atom is -0.461 e. The lowest BCUT2D eigenvalue weighted by Gasteiger charge is -2.24. The molecule has 0 saturated heterocycles. The SMILES string of the molecule is CC(C)[C@H](NC(=O)CNO)C(=O)C[C@@H](CCCNC(N)=O)C(=O)Nc1ccc(COC(=O)CCc2cn(CCOCCOCCOCCOCCOCCC(C)(C)C)nn2)cc1. The summed E-state index contributed by atoms with van der Waals surface area (Å²) in [6.07, 6.45) is 3.71. The lowest BCUT2D eigenvalue weighted by molar-refractivity contribution is -0.145. The van der Waals surface area contributed by atoms with Crippen molar-refractivity contribution in [3.8, 4) is 0 Å². The molecule has 0 unspecified atom stereocenters. The number of ketones is 1. The zero-order valence-electron chi connectivity index (χ0n) is 37.1. The number of rotatable bonds is 35. The number of hydrogen-bond acceptors (Lipinski definition) is 15. The molecule has 1 aromatic heterocycles. The van der Waals surface area contributed by atoms with E-state index < -0.39 is 35.8 Å². The molecule has 20 heteroatoms. The van der Waals surface area contributed by atoms with Crippen LogP contribution in [0.2, 0.25) is 0 Å². The van der Waals surface area contributed by atoms with Crippen LogP contribution in [0.25, 0.3) is 0 Å². The van der Waals surface area contributed by atoms with Crippen molar-refractivity contribution < 1.29 is 57.6 Å². The maximum atomic E-state index is 13.4. The highest BCUT2D eigenvalue weighted by Crippen LogP contribution is 2.20. The predicted octanol–water partition coefficient (Wildman–Crippen LogP) is 2.56. The van der Waals surface area contributed by atoms with Crippen LogP contribution in [0.4, 0.5) is 10.5 Å². The van der Waals surface area contributed by atoms with Gasteiger partial charge in [-0.1, -0.05) is 52.0 Å². The summed E-state index contributed by atoms with van der Waals surface area (Å²) in [4.78, 5) is 62.3. The topological polar surface area (TPSA) is 266 Å². The third kappa shape index (κ3) is 26.0. The van der Waals surface area contributed by atoms with Crippen LogP contribution in [-0.4, -0.2) is 135 Å². The molecule has 0 radical (unpaired) electrons. The molecule has 350 valence electrons. The minimum absolute atomic E-state index is 0.0232. The molecule has 62 heavy (non-hydrogen) atoms. The van der Waals surface area contributed by atoms with Gasteiger partial charge in [0.1, 0.15) is 6.61 Å². The van der Waals surface area contributed by atoms with E-state index in [1.54, 1.807) is 54.5 Å². The van der Waals surface area contributed by atoms with Crippen molar-refractivity contribution in [3.05, 3.63) is 41.7 Å². The first-order chi connectivity index (χ1) is 29.7. The van der Waals surface area contributed by atoms with Crippen molar-refractivity contribution in [1.82, 2.24) is 31.1 Å². The van der Waals surface area contributed by atoms with Crippen LogP contribution < -0.4 is 27.2 Å². The summed E-state index contributed by atoms with van der Waals surface area (Å²) in [6.45, 7) is 15.5. The highest BCUT2D eigenvalue weighted by molar-refractivity contribution is 5.97. The molecule has 0 aliphatic heterocycles. The lowest BCUT2D eigenvalue weighted by atomic mass is 9.89. The van der Waals surface area contributed by atoms with Gasteiger partial charge < -0.3 is 55.3 Å². The smallest absolute Gasteiger partial charge is 0.312 e. The zero-order chi connectivity index (χ0) is 45.6. The third-order valence-corrected chi connectivity index (χ3v) is 9.16. The molecule has 0 fully saturated rings.